The van der Waals surface area contributed by atoms with Gasteiger partial charge in [-0.25, -0.2) is 0 Å². The van der Waals surface area contributed by atoms with Crippen LogP contribution in [0.5, 0.6) is 0 Å². The van der Waals surface area contributed by atoms with Crippen molar-refractivity contribution in [3.05, 3.63) is 23.8 Å². The second kappa shape index (κ2) is 14.7. The maximum absolute atomic E-state index is 13.9. The summed E-state index contributed by atoms with van der Waals surface area (Å²) in [7, 11) is -4.06. The Morgan fingerprint density at radius 1 is 0.935 bits per heavy atom. The lowest BCUT2D eigenvalue weighted by molar-refractivity contribution is -0.167. The van der Waals surface area contributed by atoms with Crippen molar-refractivity contribution in [2.45, 2.75) is 181 Å². The SMILES string of the molecule is CCCC(C)(CC)C(=O)OC1CC(O[Si](C)(C)C(C)(C)C)C=C2C=CC(C)C(CCC3CC(O[Si](C)(C)C(C)(C)C)CC(=O)O3)C21. The van der Waals surface area contributed by atoms with Crippen molar-refractivity contribution >= 4 is 28.6 Å². The highest BCUT2D eigenvalue weighted by Gasteiger charge is 2.47. The normalized spacial score (nSPS) is 30.6. The first kappa shape index (κ1) is 39.2. The van der Waals surface area contributed by atoms with E-state index >= 15 is 0 Å². The molecule has 1 saturated heterocycles. The van der Waals surface area contributed by atoms with Crippen molar-refractivity contribution in [2.75, 3.05) is 0 Å². The van der Waals surface area contributed by atoms with Crippen LogP contribution in [0.3, 0.4) is 0 Å². The largest absolute Gasteiger partial charge is 0.462 e. The van der Waals surface area contributed by atoms with Gasteiger partial charge in [-0.2, -0.15) is 0 Å². The van der Waals surface area contributed by atoms with Gasteiger partial charge >= 0.3 is 11.9 Å². The highest BCUT2D eigenvalue weighted by Crippen LogP contribution is 2.47. The fourth-order valence-electron chi connectivity index (χ4n) is 6.95. The molecule has 8 atom stereocenters. The summed E-state index contributed by atoms with van der Waals surface area (Å²) in [6, 6.07) is 0. The summed E-state index contributed by atoms with van der Waals surface area (Å²) in [6.07, 6.45) is 12.2. The molecule has 3 rings (SSSR count). The fraction of sp³-hybridized carbons (Fsp3) is 0.842. The maximum atomic E-state index is 13.9. The Morgan fingerprint density at radius 3 is 2.11 bits per heavy atom. The van der Waals surface area contributed by atoms with Crippen LogP contribution < -0.4 is 0 Å². The minimum Gasteiger partial charge on any atom is -0.462 e. The van der Waals surface area contributed by atoms with Crippen molar-refractivity contribution in [1.82, 2.24) is 0 Å². The summed E-state index contributed by atoms with van der Waals surface area (Å²) in [4.78, 5) is 26.6. The summed E-state index contributed by atoms with van der Waals surface area (Å²) in [5.74, 6) is 0.434. The van der Waals surface area contributed by atoms with E-state index in [1.165, 1.54) is 5.57 Å². The second-order valence-corrected chi connectivity index (χ2v) is 27.5. The smallest absolute Gasteiger partial charge is 0.312 e. The van der Waals surface area contributed by atoms with E-state index in [0.717, 1.165) is 38.5 Å². The van der Waals surface area contributed by atoms with Crippen molar-refractivity contribution in [3.63, 3.8) is 0 Å². The molecular formula is C38H68O6Si2. The first-order valence-corrected chi connectivity index (χ1v) is 24.0. The van der Waals surface area contributed by atoms with Gasteiger partial charge in [0.15, 0.2) is 16.6 Å². The van der Waals surface area contributed by atoms with E-state index in [2.05, 4.69) is 114 Å². The zero-order chi connectivity index (χ0) is 34.9. The molecule has 0 bridgehead atoms. The van der Waals surface area contributed by atoms with E-state index in [9.17, 15) is 9.59 Å². The van der Waals surface area contributed by atoms with Gasteiger partial charge in [0.1, 0.15) is 12.2 Å². The van der Waals surface area contributed by atoms with Gasteiger partial charge in [0.25, 0.3) is 0 Å². The van der Waals surface area contributed by atoms with Gasteiger partial charge in [0.05, 0.1) is 24.0 Å². The summed E-state index contributed by atoms with van der Waals surface area (Å²) in [6.45, 7) is 31.2. The Balaban J connectivity index is 1.87. The van der Waals surface area contributed by atoms with E-state index in [4.69, 9.17) is 18.3 Å². The molecule has 0 amide bonds. The maximum Gasteiger partial charge on any atom is 0.312 e. The van der Waals surface area contributed by atoms with Crippen LogP contribution in [0.2, 0.25) is 36.3 Å². The zero-order valence-corrected chi connectivity index (χ0v) is 33.9. The van der Waals surface area contributed by atoms with Crippen molar-refractivity contribution < 1.29 is 27.9 Å². The van der Waals surface area contributed by atoms with E-state index < -0.39 is 22.0 Å². The molecule has 0 aromatic heterocycles. The molecule has 0 aromatic rings. The third kappa shape index (κ3) is 9.26. The summed E-state index contributed by atoms with van der Waals surface area (Å²) in [5.41, 5.74) is 0.733. The number of hydrogen-bond acceptors (Lipinski definition) is 6. The number of hydrogen-bond donors (Lipinski definition) is 0. The molecule has 0 saturated carbocycles. The van der Waals surface area contributed by atoms with E-state index in [0.29, 0.717) is 18.8 Å². The van der Waals surface area contributed by atoms with Gasteiger partial charge in [0, 0.05) is 18.8 Å². The molecule has 8 unspecified atom stereocenters. The fourth-order valence-corrected chi connectivity index (χ4v) is 9.59. The Kier molecular flexibility index (Phi) is 12.5. The number of cyclic esters (lactones) is 1. The first-order chi connectivity index (χ1) is 21.0. The number of esters is 2. The van der Waals surface area contributed by atoms with Crippen LogP contribution in [0, 0.1) is 23.2 Å². The van der Waals surface area contributed by atoms with Crippen LogP contribution in [0.1, 0.15) is 121 Å². The topological polar surface area (TPSA) is 71.1 Å². The van der Waals surface area contributed by atoms with Crippen LogP contribution in [-0.2, 0) is 27.9 Å². The average Bonchev–Trinajstić information content (AvgIpc) is 2.90. The lowest BCUT2D eigenvalue weighted by Gasteiger charge is -2.46. The minimum atomic E-state index is -2.05. The Bertz CT molecular complexity index is 1130. The molecule has 0 N–H and O–H groups in total. The molecule has 0 aromatic carbocycles. The van der Waals surface area contributed by atoms with Gasteiger partial charge in [-0.3, -0.25) is 9.59 Å². The minimum absolute atomic E-state index is 0.0815. The predicted molar refractivity (Wildman–Crippen MR) is 194 cm³/mol. The lowest BCUT2D eigenvalue weighted by Crippen LogP contribution is -2.49. The van der Waals surface area contributed by atoms with Crippen molar-refractivity contribution in [3.8, 4) is 0 Å². The molecule has 46 heavy (non-hydrogen) atoms. The van der Waals surface area contributed by atoms with Crippen LogP contribution in [0.15, 0.2) is 23.8 Å². The third-order valence-corrected chi connectivity index (χ3v) is 21.3. The van der Waals surface area contributed by atoms with Gasteiger partial charge in [-0.15, -0.1) is 0 Å². The molecule has 1 heterocycles. The number of rotatable bonds is 12. The molecular weight excluding hydrogens is 609 g/mol. The molecule has 0 spiro atoms. The molecule has 3 aliphatic rings. The number of carbonyl (C=O) groups is 2. The summed E-state index contributed by atoms with van der Waals surface area (Å²) >= 11 is 0. The molecule has 6 nitrogen and oxygen atoms in total. The molecule has 1 fully saturated rings. The lowest BCUT2D eigenvalue weighted by atomic mass is 9.66. The first-order valence-electron chi connectivity index (χ1n) is 18.2. The van der Waals surface area contributed by atoms with Gasteiger partial charge in [0.2, 0.25) is 0 Å². The number of ether oxygens (including phenoxy) is 2. The number of carbonyl (C=O) groups excluding carboxylic acids is 2. The average molecular weight is 677 g/mol. The zero-order valence-electron chi connectivity index (χ0n) is 31.9. The number of fused-ring (bicyclic) bond motifs is 1. The Morgan fingerprint density at radius 2 is 1.54 bits per heavy atom. The Hall–Kier alpha value is -1.23. The molecule has 0 radical (unpaired) electrons. The van der Waals surface area contributed by atoms with Crippen molar-refractivity contribution in [1.29, 1.82) is 0 Å². The quantitative estimate of drug-likeness (QED) is 0.151. The van der Waals surface area contributed by atoms with E-state index in [1.807, 2.05) is 0 Å². The third-order valence-electron chi connectivity index (χ3n) is 12.3. The second-order valence-electron chi connectivity index (χ2n) is 18.0. The van der Waals surface area contributed by atoms with E-state index in [-0.39, 0.29) is 58.3 Å². The number of allylic oxidation sites excluding steroid dienone is 2. The molecule has 2 aliphatic carbocycles. The van der Waals surface area contributed by atoms with Crippen LogP contribution in [0.4, 0.5) is 0 Å². The van der Waals surface area contributed by atoms with Gasteiger partial charge < -0.3 is 18.3 Å². The highest BCUT2D eigenvalue weighted by atomic mass is 28.4. The van der Waals surface area contributed by atoms with Crippen LogP contribution in [-0.4, -0.2) is 53.0 Å². The van der Waals surface area contributed by atoms with Crippen LogP contribution >= 0.6 is 0 Å². The summed E-state index contributed by atoms with van der Waals surface area (Å²) < 4.78 is 26.2. The standard InChI is InChI=1S/C38H68O6Si2/c1-15-21-38(10,16-2)35(40)42-32-24-29(43-45(11,12)36(4,5)6)22-27-18-17-26(3)31(34(27)32)20-19-28-23-30(25-33(39)41-28)44-46(13,14)37(7,8)9/h17-18,22,26,28-32,34H,15-16,19-21,23-25H2,1-14H3. The van der Waals surface area contributed by atoms with E-state index in [1.54, 1.807) is 0 Å². The monoisotopic (exact) mass is 676 g/mol. The Labute approximate surface area is 284 Å². The molecule has 8 heteroatoms. The van der Waals surface area contributed by atoms with Gasteiger partial charge in [-0.05, 0) is 86.3 Å². The van der Waals surface area contributed by atoms with Crippen molar-refractivity contribution in [2.24, 2.45) is 23.2 Å². The van der Waals surface area contributed by atoms with Crippen LogP contribution in [0.25, 0.3) is 0 Å². The summed E-state index contributed by atoms with van der Waals surface area (Å²) in [5, 5.41) is 0.167. The molecule has 264 valence electrons. The predicted octanol–water partition coefficient (Wildman–Crippen LogP) is 10.1. The molecule has 1 aliphatic heterocycles. The van der Waals surface area contributed by atoms with Gasteiger partial charge in [-0.1, -0.05) is 87.0 Å². The highest BCUT2D eigenvalue weighted by molar-refractivity contribution is 6.74.